The highest BCUT2D eigenvalue weighted by atomic mass is 32.1. The van der Waals surface area contributed by atoms with Crippen LogP contribution in [0.15, 0.2) is 35.7 Å². The van der Waals surface area contributed by atoms with Crippen molar-refractivity contribution in [3.63, 3.8) is 0 Å². The van der Waals surface area contributed by atoms with Crippen molar-refractivity contribution in [2.24, 2.45) is 0 Å². The topological polar surface area (TPSA) is 30.5 Å². The minimum atomic E-state index is 0.591. The van der Waals surface area contributed by atoms with Gasteiger partial charge in [0.2, 0.25) is 0 Å². The molecule has 4 heteroatoms. The number of rotatable bonds is 7. The Morgan fingerprint density at radius 1 is 1.04 bits per heavy atom. The van der Waals surface area contributed by atoms with Crippen LogP contribution in [0.25, 0.3) is 0 Å². The average Bonchev–Trinajstić information content (AvgIpc) is 3.13. The molecule has 1 aromatic carbocycles. The molecule has 1 fully saturated rings. The van der Waals surface area contributed by atoms with E-state index in [-0.39, 0.29) is 0 Å². The molecule has 1 aromatic heterocycles. The molecule has 0 unspecified atom stereocenters. The molecule has 0 aliphatic heterocycles. The average molecular weight is 360 g/mol. The molecule has 0 amide bonds. The Morgan fingerprint density at radius 2 is 1.84 bits per heavy atom. The van der Waals surface area contributed by atoms with Crippen LogP contribution in [0.5, 0.6) is 11.5 Å². The molecule has 25 heavy (non-hydrogen) atoms. The lowest BCUT2D eigenvalue weighted by atomic mass is 9.96. The van der Waals surface area contributed by atoms with Crippen LogP contribution in [0.1, 0.15) is 55.4 Å². The summed E-state index contributed by atoms with van der Waals surface area (Å²) in [6.45, 7) is 1.49. The second-order valence-corrected chi connectivity index (χ2v) is 7.81. The molecule has 0 bridgehead atoms. The number of nitrogens with one attached hydrogen (secondary N) is 1. The molecule has 0 atom stereocenters. The van der Waals surface area contributed by atoms with Crippen LogP contribution in [0.3, 0.4) is 0 Å². The van der Waals surface area contributed by atoms with Crippen LogP contribution in [-0.2, 0) is 13.2 Å². The first-order chi connectivity index (χ1) is 12.3. The largest absolute Gasteiger partial charge is 0.493 e. The van der Waals surface area contributed by atoms with Gasteiger partial charge in [0.1, 0.15) is 6.61 Å². The Bertz CT molecular complexity index is 619. The zero-order chi connectivity index (χ0) is 17.3. The maximum atomic E-state index is 5.92. The zero-order valence-electron chi connectivity index (χ0n) is 15.1. The molecular weight excluding hydrogens is 330 g/mol. The summed E-state index contributed by atoms with van der Waals surface area (Å²) in [6.07, 6.45) is 9.52. The van der Waals surface area contributed by atoms with Crippen molar-refractivity contribution in [1.82, 2.24) is 5.32 Å². The van der Waals surface area contributed by atoms with Gasteiger partial charge in [-0.05, 0) is 42.0 Å². The lowest BCUT2D eigenvalue weighted by Gasteiger charge is -2.21. The third-order valence-electron chi connectivity index (χ3n) is 4.88. The maximum absolute atomic E-state index is 5.92. The van der Waals surface area contributed by atoms with E-state index in [4.69, 9.17) is 9.47 Å². The normalized spacial score (nSPS) is 16.2. The van der Waals surface area contributed by atoms with Crippen LogP contribution in [0.4, 0.5) is 0 Å². The lowest BCUT2D eigenvalue weighted by molar-refractivity contribution is 0.287. The smallest absolute Gasteiger partial charge is 0.161 e. The van der Waals surface area contributed by atoms with Gasteiger partial charge in [0.15, 0.2) is 11.5 Å². The van der Waals surface area contributed by atoms with Crippen molar-refractivity contribution in [3.8, 4) is 11.5 Å². The van der Waals surface area contributed by atoms with Crippen molar-refractivity contribution < 1.29 is 9.47 Å². The molecule has 1 heterocycles. The van der Waals surface area contributed by atoms with Crippen molar-refractivity contribution in [2.75, 3.05) is 7.11 Å². The van der Waals surface area contributed by atoms with Crippen LogP contribution in [0, 0.1) is 0 Å². The molecule has 3 nitrogen and oxygen atoms in total. The van der Waals surface area contributed by atoms with Crippen LogP contribution in [0.2, 0.25) is 0 Å². The molecule has 0 spiro atoms. The molecule has 0 saturated heterocycles. The SMILES string of the molecule is COc1cc(CNC2CCCCCCC2)ccc1OCc1cccs1. The number of thiophene rings is 1. The van der Waals surface area contributed by atoms with Gasteiger partial charge < -0.3 is 14.8 Å². The Labute approximate surface area is 155 Å². The summed E-state index contributed by atoms with van der Waals surface area (Å²) in [4.78, 5) is 1.22. The minimum absolute atomic E-state index is 0.591. The second kappa shape index (κ2) is 9.83. The first kappa shape index (κ1) is 18.3. The summed E-state index contributed by atoms with van der Waals surface area (Å²) in [6, 6.07) is 11.1. The molecule has 1 saturated carbocycles. The predicted molar refractivity (Wildman–Crippen MR) is 105 cm³/mol. The monoisotopic (exact) mass is 359 g/mol. The first-order valence-electron chi connectivity index (χ1n) is 9.40. The van der Waals surface area contributed by atoms with E-state index in [1.165, 1.54) is 55.4 Å². The number of benzene rings is 1. The van der Waals surface area contributed by atoms with Gasteiger partial charge in [-0.1, -0.05) is 44.2 Å². The summed E-state index contributed by atoms with van der Waals surface area (Å²) in [7, 11) is 1.71. The second-order valence-electron chi connectivity index (χ2n) is 6.78. The fourth-order valence-corrected chi connectivity index (χ4v) is 4.02. The van der Waals surface area contributed by atoms with Crippen molar-refractivity contribution in [1.29, 1.82) is 0 Å². The van der Waals surface area contributed by atoms with Crippen LogP contribution < -0.4 is 14.8 Å². The van der Waals surface area contributed by atoms with E-state index in [0.717, 1.165) is 18.0 Å². The van der Waals surface area contributed by atoms with Gasteiger partial charge in [-0.3, -0.25) is 0 Å². The highest BCUT2D eigenvalue weighted by Gasteiger charge is 2.12. The van der Waals surface area contributed by atoms with E-state index in [0.29, 0.717) is 12.6 Å². The predicted octanol–water partition coefficient (Wildman–Crippen LogP) is 5.54. The Morgan fingerprint density at radius 3 is 2.56 bits per heavy atom. The minimum Gasteiger partial charge on any atom is -0.493 e. The highest BCUT2D eigenvalue weighted by Crippen LogP contribution is 2.29. The zero-order valence-corrected chi connectivity index (χ0v) is 15.9. The molecule has 0 radical (unpaired) electrons. The van der Waals surface area contributed by atoms with Crippen molar-refractivity contribution in [3.05, 3.63) is 46.2 Å². The summed E-state index contributed by atoms with van der Waals surface area (Å²) >= 11 is 1.71. The number of hydrogen-bond acceptors (Lipinski definition) is 4. The first-order valence-corrected chi connectivity index (χ1v) is 10.3. The van der Waals surface area contributed by atoms with E-state index in [9.17, 15) is 0 Å². The van der Waals surface area contributed by atoms with Gasteiger partial charge in [-0.2, -0.15) is 0 Å². The number of hydrogen-bond donors (Lipinski definition) is 1. The van der Waals surface area contributed by atoms with E-state index in [1.54, 1.807) is 18.4 Å². The highest BCUT2D eigenvalue weighted by molar-refractivity contribution is 7.09. The third kappa shape index (κ3) is 5.75. The molecule has 1 aliphatic rings. The fraction of sp³-hybridized carbons (Fsp3) is 0.524. The summed E-state index contributed by atoms with van der Waals surface area (Å²) in [5.41, 5.74) is 1.25. The van der Waals surface area contributed by atoms with Crippen LogP contribution in [-0.4, -0.2) is 13.2 Å². The Hall–Kier alpha value is -1.52. The summed E-state index contributed by atoms with van der Waals surface area (Å²) in [5.74, 6) is 1.62. The van der Waals surface area contributed by atoms with Crippen molar-refractivity contribution >= 4 is 11.3 Å². The molecule has 136 valence electrons. The summed E-state index contributed by atoms with van der Waals surface area (Å²) in [5, 5.41) is 5.81. The lowest BCUT2D eigenvalue weighted by Crippen LogP contribution is -2.29. The van der Waals surface area contributed by atoms with Gasteiger partial charge in [0.25, 0.3) is 0 Å². The molecule has 3 rings (SSSR count). The maximum Gasteiger partial charge on any atom is 0.161 e. The van der Waals surface area contributed by atoms with E-state index >= 15 is 0 Å². The molecule has 2 aromatic rings. The quantitative estimate of drug-likeness (QED) is 0.704. The number of methoxy groups -OCH3 is 1. The van der Waals surface area contributed by atoms with Gasteiger partial charge >= 0.3 is 0 Å². The third-order valence-corrected chi connectivity index (χ3v) is 5.73. The molecule has 1 N–H and O–H groups in total. The van der Waals surface area contributed by atoms with Gasteiger partial charge in [0, 0.05) is 17.5 Å². The summed E-state index contributed by atoms with van der Waals surface area (Å²) < 4.78 is 11.5. The molecule has 1 aliphatic carbocycles. The number of ether oxygens (including phenoxy) is 2. The van der Waals surface area contributed by atoms with Gasteiger partial charge in [-0.25, -0.2) is 0 Å². The van der Waals surface area contributed by atoms with E-state index < -0.39 is 0 Å². The molecular formula is C21H29NO2S. The Balaban J connectivity index is 1.54. The van der Waals surface area contributed by atoms with Gasteiger partial charge in [-0.15, -0.1) is 11.3 Å². The van der Waals surface area contributed by atoms with Gasteiger partial charge in [0.05, 0.1) is 7.11 Å². The van der Waals surface area contributed by atoms with E-state index in [2.05, 4.69) is 28.9 Å². The fourth-order valence-electron chi connectivity index (χ4n) is 3.41. The Kier molecular flexibility index (Phi) is 7.19. The van der Waals surface area contributed by atoms with E-state index in [1.807, 2.05) is 12.1 Å². The standard InChI is InChI=1S/C21H29NO2S/c1-23-21-14-17(15-22-18-8-5-3-2-4-6-9-18)11-12-20(21)24-16-19-10-7-13-25-19/h7,10-14,18,22H,2-6,8-9,15-16H2,1H3. The van der Waals surface area contributed by atoms with Crippen LogP contribution >= 0.6 is 11.3 Å². The van der Waals surface area contributed by atoms with Crippen molar-refractivity contribution in [2.45, 2.75) is 64.1 Å².